The number of fused-ring (bicyclic) bond motifs is 3. The number of rotatable bonds is 2. The van der Waals surface area contributed by atoms with Gasteiger partial charge in [0, 0.05) is 11.6 Å². The van der Waals surface area contributed by atoms with Crippen LogP contribution in [0.2, 0.25) is 0 Å². The molecule has 0 saturated carbocycles. The van der Waals surface area contributed by atoms with Crippen LogP contribution < -0.4 is 5.32 Å². The van der Waals surface area contributed by atoms with Gasteiger partial charge in [-0.25, -0.2) is 4.79 Å². The molecule has 1 aliphatic heterocycles. The lowest BCUT2D eigenvalue weighted by atomic mass is 9.76. The monoisotopic (exact) mass is 319 g/mol. The molecule has 24 heavy (non-hydrogen) atoms. The zero-order valence-corrected chi connectivity index (χ0v) is 14.0. The number of ether oxygens (including phenoxy) is 1. The molecule has 3 atom stereocenters. The quantitative estimate of drug-likeness (QED) is 0.649. The highest BCUT2D eigenvalue weighted by Crippen LogP contribution is 2.50. The van der Waals surface area contributed by atoms with Crippen molar-refractivity contribution < 1.29 is 9.53 Å². The number of carbonyl (C=O) groups is 1. The molecule has 3 nitrogen and oxygen atoms in total. The van der Waals surface area contributed by atoms with E-state index in [1.165, 1.54) is 18.2 Å². The van der Waals surface area contributed by atoms with Gasteiger partial charge >= 0.3 is 5.97 Å². The van der Waals surface area contributed by atoms with E-state index in [9.17, 15) is 4.79 Å². The van der Waals surface area contributed by atoms with Gasteiger partial charge in [0.15, 0.2) is 0 Å². The van der Waals surface area contributed by atoms with Crippen molar-refractivity contribution in [2.45, 2.75) is 25.3 Å². The molecule has 1 N–H and O–H groups in total. The van der Waals surface area contributed by atoms with Crippen molar-refractivity contribution in [3.8, 4) is 0 Å². The van der Waals surface area contributed by atoms with Gasteiger partial charge in [-0.3, -0.25) is 0 Å². The van der Waals surface area contributed by atoms with Crippen LogP contribution in [0.1, 0.15) is 45.4 Å². The van der Waals surface area contributed by atoms with Gasteiger partial charge in [-0.2, -0.15) is 0 Å². The van der Waals surface area contributed by atoms with Gasteiger partial charge in [-0.1, -0.05) is 48.6 Å². The van der Waals surface area contributed by atoms with Crippen molar-refractivity contribution in [3.63, 3.8) is 0 Å². The number of nitrogens with one attached hydrogen (secondary N) is 1. The Morgan fingerprint density at radius 1 is 1.17 bits per heavy atom. The van der Waals surface area contributed by atoms with Crippen molar-refractivity contribution >= 4 is 11.7 Å². The van der Waals surface area contributed by atoms with Gasteiger partial charge in [0.1, 0.15) is 0 Å². The molecule has 3 heteroatoms. The molecule has 0 aromatic heterocycles. The molecule has 0 unspecified atom stereocenters. The Morgan fingerprint density at radius 3 is 2.71 bits per heavy atom. The van der Waals surface area contributed by atoms with Gasteiger partial charge in [0.25, 0.3) is 0 Å². The summed E-state index contributed by atoms with van der Waals surface area (Å²) in [6.07, 6.45) is 5.68. The van der Waals surface area contributed by atoms with E-state index in [-0.39, 0.29) is 12.0 Å². The van der Waals surface area contributed by atoms with Crippen molar-refractivity contribution in [2.24, 2.45) is 5.92 Å². The largest absolute Gasteiger partial charge is 0.465 e. The average molecular weight is 319 g/mol. The Morgan fingerprint density at radius 2 is 1.96 bits per heavy atom. The third kappa shape index (κ3) is 2.23. The highest BCUT2D eigenvalue weighted by atomic mass is 16.5. The zero-order valence-electron chi connectivity index (χ0n) is 14.0. The summed E-state index contributed by atoms with van der Waals surface area (Å²) in [5.74, 6) is 0.637. The number of carbonyl (C=O) groups excluding carboxylic acids is 1. The van der Waals surface area contributed by atoms with Crippen molar-refractivity contribution in [3.05, 3.63) is 76.9 Å². The minimum atomic E-state index is -0.280. The number of allylic oxidation sites excluding steroid dienone is 2. The second-order valence-electron chi connectivity index (χ2n) is 6.58. The standard InChI is InChI=1S/C21H21NO2/c1-13-15(21(23)24-2)11-12-18-16-9-6-10-17(16)20(22-19(13)18)14-7-4-3-5-8-14/h3-9,11-12,16-17,20,22H,10H2,1-2H3/t16-,17-,20+/m0/s1. The van der Waals surface area contributed by atoms with Crippen LogP contribution in [-0.4, -0.2) is 13.1 Å². The minimum absolute atomic E-state index is 0.255. The van der Waals surface area contributed by atoms with Gasteiger partial charge in [-0.15, -0.1) is 0 Å². The minimum Gasteiger partial charge on any atom is -0.465 e. The Hall–Kier alpha value is -2.55. The Kier molecular flexibility index (Phi) is 3.64. The number of benzene rings is 2. The van der Waals surface area contributed by atoms with E-state index < -0.39 is 0 Å². The van der Waals surface area contributed by atoms with Crippen LogP contribution in [0.4, 0.5) is 5.69 Å². The van der Waals surface area contributed by atoms with Gasteiger partial charge in [0.2, 0.25) is 0 Å². The first-order chi connectivity index (χ1) is 11.7. The van der Waals surface area contributed by atoms with Crippen LogP contribution in [0.25, 0.3) is 0 Å². The number of hydrogen-bond donors (Lipinski definition) is 1. The van der Waals surface area contributed by atoms with E-state index in [0.29, 0.717) is 17.4 Å². The summed E-state index contributed by atoms with van der Waals surface area (Å²) in [5.41, 5.74) is 5.27. The van der Waals surface area contributed by atoms with E-state index in [2.05, 4.69) is 47.8 Å². The Bertz CT molecular complexity index is 810. The fraction of sp³-hybridized carbons (Fsp3) is 0.286. The lowest BCUT2D eigenvalue weighted by Crippen LogP contribution is -2.30. The topological polar surface area (TPSA) is 38.3 Å². The number of hydrogen-bond acceptors (Lipinski definition) is 3. The summed E-state index contributed by atoms with van der Waals surface area (Å²) in [5, 5.41) is 3.72. The molecule has 0 bridgehead atoms. The Labute approximate surface area is 142 Å². The summed E-state index contributed by atoms with van der Waals surface area (Å²) in [6.45, 7) is 2.00. The molecule has 2 aromatic rings. The molecule has 2 aliphatic rings. The average Bonchev–Trinajstić information content (AvgIpc) is 3.11. The highest BCUT2D eigenvalue weighted by Gasteiger charge is 2.38. The lowest BCUT2D eigenvalue weighted by molar-refractivity contribution is 0.0600. The SMILES string of the molecule is COC(=O)c1ccc2c(c1C)N[C@H](c1ccccc1)[C@H]1CC=C[C@H]21. The maximum Gasteiger partial charge on any atom is 0.338 e. The molecule has 0 spiro atoms. The molecule has 4 rings (SSSR count). The number of methoxy groups -OCH3 is 1. The summed E-state index contributed by atoms with van der Waals surface area (Å²) in [4.78, 5) is 12.0. The molecule has 0 amide bonds. The maximum atomic E-state index is 12.0. The molecule has 1 aliphatic carbocycles. The van der Waals surface area contributed by atoms with Gasteiger partial charge in [0.05, 0.1) is 18.7 Å². The normalized spacial score (nSPS) is 24.0. The fourth-order valence-electron chi connectivity index (χ4n) is 4.14. The molecule has 0 radical (unpaired) electrons. The van der Waals surface area contributed by atoms with Crippen LogP contribution in [0, 0.1) is 12.8 Å². The predicted molar refractivity (Wildman–Crippen MR) is 95.3 cm³/mol. The molecule has 2 aromatic carbocycles. The lowest BCUT2D eigenvalue weighted by Gasteiger charge is -2.38. The molecule has 122 valence electrons. The third-order valence-electron chi connectivity index (χ3n) is 5.36. The van der Waals surface area contributed by atoms with Crippen LogP contribution in [0.5, 0.6) is 0 Å². The summed E-state index contributed by atoms with van der Waals surface area (Å²) in [7, 11) is 1.43. The van der Waals surface area contributed by atoms with E-state index in [1.807, 2.05) is 19.1 Å². The van der Waals surface area contributed by atoms with Crippen molar-refractivity contribution in [1.29, 1.82) is 0 Å². The van der Waals surface area contributed by atoms with Crippen molar-refractivity contribution in [2.75, 3.05) is 12.4 Å². The van der Waals surface area contributed by atoms with Gasteiger partial charge < -0.3 is 10.1 Å². The molecule has 1 heterocycles. The highest BCUT2D eigenvalue weighted by molar-refractivity contribution is 5.93. The van der Waals surface area contributed by atoms with E-state index >= 15 is 0 Å². The zero-order chi connectivity index (χ0) is 16.7. The second kappa shape index (κ2) is 5.82. The van der Waals surface area contributed by atoms with E-state index in [0.717, 1.165) is 17.7 Å². The maximum absolute atomic E-state index is 12.0. The molecule has 0 saturated heterocycles. The molecular formula is C21H21NO2. The fourth-order valence-corrected chi connectivity index (χ4v) is 4.14. The van der Waals surface area contributed by atoms with Crippen LogP contribution >= 0.6 is 0 Å². The predicted octanol–water partition coefficient (Wildman–Crippen LogP) is 4.61. The summed E-state index contributed by atoms with van der Waals surface area (Å²) in [6, 6.07) is 14.8. The van der Waals surface area contributed by atoms with Crippen molar-refractivity contribution in [1.82, 2.24) is 0 Å². The summed E-state index contributed by atoms with van der Waals surface area (Å²) < 4.78 is 4.93. The molecular weight excluding hydrogens is 298 g/mol. The smallest absolute Gasteiger partial charge is 0.338 e. The number of anilines is 1. The Balaban J connectivity index is 1.83. The van der Waals surface area contributed by atoms with E-state index in [1.54, 1.807) is 0 Å². The summed E-state index contributed by atoms with van der Waals surface area (Å²) >= 11 is 0. The number of esters is 1. The second-order valence-corrected chi connectivity index (χ2v) is 6.58. The first kappa shape index (κ1) is 15.0. The van der Waals surface area contributed by atoms with Crippen LogP contribution in [0.15, 0.2) is 54.6 Å². The third-order valence-corrected chi connectivity index (χ3v) is 5.36. The van der Waals surface area contributed by atoms with E-state index in [4.69, 9.17) is 4.74 Å². The van der Waals surface area contributed by atoms with Crippen LogP contribution in [-0.2, 0) is 4.74 Å². The van der Waals surface area contributed by atoms with Crippen LogP contribution in [0.3, 0.4) is 0 Å². The van der Waals surface area contributed by atoms with Gasteiger partial charge in [-0.05, 0) is 42.0 Å². The first-order valence-corrected chi connectivity index (χ1v) is 8.40. The molecule has 0 fully saturated rings. The first-order valence-electron chi connectivity index (χ1n) is 8.40.